The molecule has 0 radical (unpaired) electrons. The van der Waals surface area contributed by atoms with Crippen molar-refractivity contribution in [3.05, 3.63) is 65.2 Å². The minimum absolute atomic E-state index is 0.223. The average Bonchev–Trinajstić information content (AvgIpc) is 3.35. The smallest absolute Gasteiger partial charge is 0.374 e. The van der Waals surface area contributed by atoms with Gasteiger partial charge in [0.2, 0.25) is 5.76 Å². The van der Waals surface area contributed by atoms with E-state index in [1.54, 1.807) is 48.5 Å². The molecular weight excluding hydrogens is 392 g/mol. The first-order chi connectivity index (χ1) is 13.7. The molecule has 1 aromatic carbocycles. The van der Waals surface area contributed by atoms with Crippen molar-refractivity contribution >= 4 is 39.3 Å². The normalized spacial score (nSPS) is 11.1. The van der Waals surface area contributed by atoms with Crippen LogP contribution in [0.25, 0.3) is 21.3 Å². The van der Waals surface area contributed by atoms with Crippen LogP contribution in [-0.4, -0.2) is 22.5 Å². The third kappa shape index (κ3) is 3.81. The Morgan fingerprint density at radius 3 is 2.79 bits per heavy atom. The van der Waals surface area contributed by atoms with Crippen LogP contribution in [0.4, 0.5) is 0 Å². The number of furan rings is 1. The number of esters is 1. The van der Waals surface area contributed by atoms with Gasteiger partial charge in [0, 0.05) is 10.9 Å². The number of aryl methyl sites for hydroxylation is 1. The predicted molar refractivity (Wildman–Crippen MR) is 112 cm³/mol. The molecule has 0 saturated heterocycles. The fourth-order valence-electron chi connectivity index (χ4n) is 2.81. The van der Waals surface area contributed by atoms with Crippen molar-refractivity contribution in [1.29, 1.82) is 0 Å². The van der Waals surface area contributed by atoms with E-state index < -0.39 is 5.97 Å². The number of thiophene rings is 1. The fourth-order valence-corrected chi connectivity index (χ4v) is 4.70. The topological polar surface area (TPSA) is 65.2 Å². The van der Waals surface area contributed by atoms with E-state index in [4.69, 9.17) is 9.15 Å². The highest BCUT2D eigenvalue weighted by molar-refractivity contribution is 7.98. The van der Waals surface area contributed by atoms with Crippen molar-refractivity contribution in [3.63, 3.8) is 0 Å². The molecule has 0 spiro atoms. The van der Waals surface area contributed by atoms with E-state index in [0.29, 0.717) is 18.1 Å². The van der Waals surface area contributed by atoms with Gasteiger partial charge in [-0.2, -0.15) is 0 Å². The van der Waals surface area contributed by atoms with Crippen molar-refractivity contribution in [3.8, 4) is 11.1 Å². The molecule has 142 valence electrons. The van der Waals surface area contributed by atoms with E-state index in [2.05, 4.69) is 46.5 Å². The van der Waals surface area contributed by atoms with E-state index in [1.165, 1.54) is 5.56 Å². The highest BCUT2D eigenvalue weighted by atomic mass is 32.2. The number of carbonyl (C=O) groups is 1. The lowest BCUT2D eigenvalue weighted by Gasteiger charge is -2.05. The fraction of sp³-hybridized carbons (Fsp3) is 0.190. The van der Waals surface area contributed by atoms with Crippen LogP contribution in [-0.2, 0) is 10.5 Å². The number of hydrogen-bond acceptors (Lipinski definition) is 7. The molecule has 0 saturated carbocycles. The molecule has 0 atom stereocenters. The van der Waals surface area contributed by atoms with E-state index >= 15 is 0 Å². The summed E-state index contributed by atoms with van der Waals surface area (Å²) in [6, 6.07) is 11.9. The minimum Gasteiger partial charge on any atom is -0.460 e. The van der Waals surface area contributed by atoms with Gasteiger partial charge in [-0.25, -0.2) is 14.8 Å². The SMILES string of the molecule is CCOC(=O)c1ccc(CSc2ncnc3scc(-c4ccc(C)cc4)c23)o1. The molecule has 0 N–H and O–H groups in total. The zero-order chi connectivity index (χ0) is 19.5. The van der Waals surface area contributed by atoms with E-state index in [-0.39, 0.29) is 5.76 Å². The van der Waals surface area contributed by atoms with Gasteiger partial charge in [0.1, 0.15) is 21.9 Å². The molecule has 5 nitrogen and oxygen atoms in total. The van der Waals surface area contributed by atoms with E-state index in [1.807, 2.05) is 0 Å². The standard InChI is InChI=1S/C21H18N2O3S2/c1-3-25-21(24)17-9-8-15(26-17)10-27-19-18-16(11-28-20(18)23-12-22-19)14-6-4-13(2)5-7-14/h4-9,11-12H,3,10H2,1-2H3. The summed E-state index contributed by atoms with van der Waals surface area (Å²) in [7, 11) is 0. The van der Waals surface area contributed by atoms with Gasteiger partial charge in [-0.1, -0.05) is 41.6 Å². The molecule has 3 heterocycles. The van der Waals surface area contributed by atoms with Crippen LogP contribution in [0.15, 0.2) is 57.5 Å². The first-order valence-electron chi connectivity index (χ1n) is 8.83. The Balaban J connectivity index is 1.60. The van der Waals surface area contributed by atoms with Gasteiger partial charge in [0.15, 0.2) is 0 Å². The maximum Gasteiger partial charge on any atom is 0.374 e. The monoisotopic (exact) mass is 410 g/mol. The first-order valence-corrected chi connectivity index (χ1v) is 10.7. The van der Waals surface area contributed by atoms with Gasteiger partial charge in [0.05, 0.1) is 17.7 Å². The summed E-state index contributed by atoms with van der Waals surface area (Å²) >= 11 is 3.18. The average molecular weight is 411 g/mol. The molecular formula is C21H18N2O3S2. The van der Waals surface area contributed by atoms with Crippen LogP contribution in [0.3, 0.4) is 0 Å². The van der Waals surface area contributed by atoms with E-state index in [9.17, 15) is 4.79 Å². The molecule has 0 aliphatic heterocycles. The number of ether oxygens (including phenoxy) is 1. The summed E-state index contributed by atoms with van der Waals surface area (Å²) in [5, 5.41) is 4.08. The highest BCUT2D eigenvalue weighted by Crippen LogP contribution is 2.38. The number of carbonyl (C=O) groups excluding carboxylic acids is 1. The van der Waals surface area contributed by atoms with Crippen molar-refractivity contribution in [2.75, 3.05) is 6.61 Å². The largest absolute Gasteiger partial charge is 0.460 e. The Kier molecular flexibility index (Phi) is 5.45. The lowest BCUT2D eigenvalue weighted by atomic mass is 10.1. The zero-order valence-electron chi connectivity index (χ0n) is 15.5. The van der Waals surface area contributed by atoms with Gasteiger partial charge in [0.25, 0.3) is 0 Å². The van der Waals surface area contributed by atoms with Crippen LogP contribution in [0, 0.1) is 6.92 Å². The van der Waals surface area contributed by atoms with Crippen LogP contribution in [0.1, 0.15) is 28.8 Å². The second-order valence-electron chi connectivity index (χ2n) is 6.15. The molecule has 0 aliphatic carbocycles. The van der Waals surface area contributed by atoms with Crippen molar-refractivity contribution in [2.24, 2.45) is 0 Å². The highest BCUT2D eigenvalue weighted by Gasteiger charge is 2.16. The summed E-state index contributed by atoms with van der Waals surface area (Å²) in [5.74, 6) is 1.05. The Hall–Kier alpha value is -2.64. The molecule has 0 aliphatic rings. The second-order valence-corrected chi connectivity index (χ2v) is 7.97. The molecule has 3 aromatic heterocycles. The van der Waals surface area contributed by atoms with Crippen LogP contribution >= 0.6 is 23.1 Å². The first kappa shape index (κ1) is 18.7. The summed E-state index contributed by atoms with van der Waals surface area (Å²) in [6.07, 6.45) is 1.59. The number of benzene rings is 1. The van der Waals surface area contributed by atoms with Gasteiger partial charge in [-0.15, -0.1) is 11.3 Å². The lowest BCUT2D eigenvalue weighted by molar-refractivity contribution is 0.0488. The number of aromatic nitrogens is 2. The van der Waals surface area contributed by atoms with Crippen LogP contribution in [0.2, 0.25) is 0 Å². The number of rotatable bonds is 6. The van der Waals surface area contributed by atoms with Crippen molar-refractivity contribution in [1.82, 2.24) is 9.97 Å². The maximum absolute atomic E-state index is 11.8. The third-order valence-corrected chi connectivity index (χ3v) is 6.09. The molecule has 0 fully saturated rings. The Labute approximate surface area is 170 Å². The molecule has 7 heteroatoms. The number of nitrogens with zero attached hydrogens (tertiary/aromatic N) is 2. The maximum atomic E-state index is 11.8. The third-order valence-electron chi connectivity index (χ3n) is 4.19. The summed E-state index contributed by atoms with van der Waals surface area (Å²) in [4.78, 5) is 21.6. The lowest BCUT2D eigenvalue weighted by Crippen LogP contribution is -2.02. The Morgan fingerprint density at radius 1 is 1.18 bits per heavy atom. The van der Waals surface area contributed by atoms with Crippen molar-refractivity contribution in [2.45, 2.75) is 24.6 Å². The second kappa shape index (κ2) is 8.16. The summed E-state index contributed by atoms with van der Waals surface area (Å²) < 4.78 is 10.6. The number of thioether (sulfide) groups is 1. The molecule has 0 bridgehead atoms. The van der Waals surface area contributed by atoms with Gasteiger partial charge < -0.3 is 9.15 Å². The quantitative estimate of drug-likeness (QED) is 0.230. The van der Waals surface area contributed by atoms with Crippen molar-refractivity contribution < 1.29 is 13.9 Å². The summed E-state index contributed by atoms with van der Waals surface area (Å²) in [6.45, 7) is 4.17. The minimum atomic E-state index is -0.442. The van der Waals surface area contributed by atoms with Gasteiger partial charge in [-0.05, 0) is 31.5 Å². The Morgan fingerprint density at radius 2 is 2.00 bits per heavy atom. The molecule has 4 aromatic rings. The van der Waals surface area contributed by atoms with Crippen LogP contribution in [0.5, 0.6) is 0 Å². The van der Waals surface area contributed by atoms with Gasteiger partial charge >= 0.3 is 5.97 Å². The molecule has 0 unspecified atom stereocenters. The van der Waals surface area contributed by atoms with E-state index in [0.717, 1.165) is 26.4 Å². The number of hydrogen-bond donors (Lipinski definition) is 0. The summed E-state index contributed by atoms with van der Waals surface area (Å²) in [5.41, 5.74) is 3.51. The molecule has 0 amide bonds. The molecule has 4 rings (SSSR count). The van der Waals surface area contributed by atoms with Gasteiger partial charge in [-0.3, -0.25) is 0 Å². The molecule has 28 heavy (non-hydrogen) atoms. The van der Waals surface area contributed by atoms with Crippen LogP contribution < -0.4 is 0 Å². The number of fused-ring (bicyclic) bond motifs is 1. The predicted octanol–water partition coefficient (Wildman–Crippen LogP) is 5.73. The zero-order valence-corrected chi connectivity index (χ0v) is 17.1. The Bertz CT molecular complexity index is 1120.